The van der Waals surface area contributed by atoms with Crippen LogP contribution in [0.5, 0.6) is 0 Å². The second-order valence-electron chi connectivity index (χ2n) is 7.57. The van der Waals surface area contributed by atoms with Crippen molar-refractivity contribution in [2.45, 2.75) is 38.3 Å². The fourth-order valence-corrected chi connectivity index (χ4v) is 4.27. The first-order valence-electron chi connectivity index (χ1n) is 10.2. The average molecular weight is 405 g/mol. The summed E-state index contributed by atoms with van der Waals surface area (Å²) >= 11 is 5.79. The zero-order valence-electron chi connectivity index (χ0n) is 16.4. The van der Waals surface area contributed by atoms with Crippen LogP contribution in [0.15, 0.2) is 78.9 Å². The zero-order chi connectivity index (χ0) is 20.1. The number of benzene rings is 3. The van der Waals surface area contributed by atoms with Crippen molar-refractivity contribution < 1.29 is 4.39 Å². The molecule has 0 heterocycles. The third-order valence-corrected chi connectivity index (χ3v) is 5.87. The monoisotopic (exact) mass is 404 g/mol. The molecule has 1 aliphatic carbocycles. The van der Waals surface area contributed by atoms with Gasteiger partial charge in [-0.3, -0.25) is 0 Å². The van der Waals surface area contributed by atoms with Gasteiger partial charge in [-0.05, 0) is 66.0 Å². The van der Waals surface area contributed by atoms with Crippen LogP contribution in [-0.2, 0) is 6.54 Å². The molecule has 0 aliphatic heterocycles. The van der Waals surface area contributed by atoms with Crippen molar-refractivity contribution in [3.05, 3.63) is 90.2 Å². The minimum Gasteiger partial charge on any atom is -0.342 e. The number of nitrogens with zero attached hydrogens (tertiary/aromatic N) is 1. The quantitative estimate of drug-likeness (QED) is 0.480. The van der Waals surface area contributed by atoms with E-state index in [1.54, 1.807) is 0 Å². The molecule has 0 bridgehead atoms. The van der Waals surface area contributed by atoms with E-state index in [1.165, 1.54) is 36.1 Å². The molecule has 0 radical (unpaired) electrons. The molecule has 0 saturated heterocycles. The van der Waals surface area contributed by atoms with E-state index in [-0.39, 0.29) is 5.82 Å². The lowest BCUT2D eigenvalue weighted by Crippen LogP contribution is -2.40. The predicted octanol–water partition coefficient (Wildman–Crippen LogP) is 6.63. The molecule has 0 aromatic heterocycles. The van der Waals surface area contributed by atoms with Gasteiger partial charge >= 0.3 is 0 Å². The maximum atomic E-state index is 13.3. The number of hydrogen-bond acceptors (Lipinski definition) is 1. The van der Waals surface area contributed by atoms with E-state index in [9.17, 15) is 4.39 Å². The topological polar surface area (TPSA) is 15.3 Å². The Bertz CT molecular complexity index is 933. The zero-order valence-corrected chi connectivity index (χ0v) is 17.2. The van der Waals surface area contributed by atoms with Crippen LogP contribution in [0.2, 0.25) is 0 Å². The Morgan fingerprint density at radius 3 is 2.14 bits per heavy atom. The summed E-state index contributed by atoms with van der Waals surface area (Å²) in [6, 6.07) is 25.8. The van der Waals surface area contributed by atoms with Gasteiger partial charge in [0.05, 0.1) is 0 Å². The molecule has 29 heavy (non-hydrogen) atoms. The van der Waals surface area contributed by atoms with E-state index >= 15 is 0 Å². The van der Waals surface area contributed by atoms with Crippen molar-refractivity contribution in [3.63, 3.8) is 0 Å². The molecule has 1 aliphatic rings. The van der Waals surface area contributed by atoms with Gasteiger partial charge in [-0.25, -0.2) is 4.39 Å². The van der Waals surface area contributed by atoms with E-state index in [0.717, 1.165) is 29.2 Å². The second kappa shape index (κ2) is 9.19. The van der Waals surface area contributed by atoms with Crippen molar-refractivity contribution in [1.82, 2.24) is 4.90 Å². The highest BCUT2D eigenvalue weighted by atomic mass is 32.1. The standard InChI is InChI=1S/C25H25FN2S/c26-22-14-10-19(11-15-22)18-28(24-8-4-5-9-24)25(29)27-23-16-12-21(13-17-23)20-6-2-1-3-7-20/h1-3,6-7,10-17,24H,4-5,8-9,18H2,(H,27,29). The van der Waals surface area contributed by atoms with E-state index < -0.39 is 0 Å². The van der Waals surface area contributed by atoms with E-state index in [1.807, 2.05) is 30.3 Å². The van der Waals surface area contributed by atoms with Gasteiger partial charge in [0.15, 0.2) is 5.11 Å². The molecule has 0 atom stereocenters. The van der Waals surface area contributed by atoms with Crippen molar-refractivity contribution in [2.24, 2.45) is 0 Å². The molecule has 1 N–H and O–H groups in total. The summed E-state index contributed by atoms with van der Waals surface area (Å²) in [5.41, 5.74) is 4.44. The summed E-state index contributed by atoms with van der Waals surface area (Å²) in [6.45, 7) is 0.693. The van der Waals surface area contributed by atoms with Gasteiger partial charge in [0, 0.05) is 18.3 Å². The number of anilines is 1. The molecule has 0 amide bonds. The third-order valence-electron chi connectivity index (χ3n) is 5.54. The van der Waals surface area contributed by atoms with Crippen molar-refractivity contribution in [3.8, 4) is 11.1 Å². The van der Waals surface area contributed by atoms with Crippen LogP contribution < -0.4 is 5.32 Å². The Balaban J connectivity index is 1.47. The minimum absolute atomic E-state index is 0.208. The Hall–Kier alpha value is -2.72. The SMILES string of the molecule is Fc1ccc(CN(C(=S)Nc2ccc(-c3ccccc3)cc2)C2CCCC2)cc1. The van der Waals surface area contributed by atoms with E-state index in [4.69, 9.17) is 12.2 Å². The number of halogens is 1. The van der Waals surface area contributed by atoms with E-state index in [0.29, 0.717) is 12.6 Å². The van der Waals surface area contributed by atoms with Crippen LogP contribution in [0.1, 0.15) is 31.2 Å². The Morgan fingerprint density at radius 2 is 1.48 bits per heavy atom. The number of hydrogen-bond donors (Lipinski definition) is 1. The first kappa shape index (κ1) is 19.6. The van der Waals surface area contributed by atoms with Crippen LogP contribution in [0.4, 0.5) is 10.1 Å². The van der Waals surface area contributed by atoms with Crippen LogP contribution in [0.25, 0.3) is 11.1 Å². The van der Waals surface area contributed by atoms with Gasteiger partial charge in [-0.2, -0.15) is 0 Å². The highest BCUT2D eigenvalue weighted by molar-refractivity contribution is 7.80. The summed E-state index contributed by atoms with van der Waals surface area (Å²) in [4.78, 5) is 2.26. The number of nitrogens with one attached hydrogen (secondary N) is 1. The molecule has 4 heteroatoms. The van der Waals surface area contributed by atoms with Crippen molar-refractivity contribution >= 4 is 23.0 Å². The molecule has 0 unspecified atom stereocenters. The summed E-state index contributed by atoms with van der Waals surface area (Å²) in [5, 5.41) is 4.14. The number of rotatable bonds is 5. The molecule has 0 spiro atoms. The van der Waals surface area contributed by atoms with Crippen molar-refractivity contribution in [2.75, 3.05) is 5.32 Å². The fourth-order valence-electron chi connectivity index (χ4n) is 3.94. The number of thiocarbonyl (C=S) groups is 1. The molecule has 1 saturated carbocycles. The normalized spacial score (nSPS) is 14.0. The van der Waals surface area contributed by atoms with Gasteiger partial charge in [-0.15, -0.1) is 0 Å². The molecule has 148 valence electrons. The maximum absolute atomic E-state index is 13.3. The van der Waals surface area contributed by atoms with Gasteiger partial charge in [0.1, 0.15) is 5.82 Å². The largest absolute Gasteiger partial charge is 0.342 e. The van der Waals surface area contributed by atoms with Gasteiger partial charge < -0.3 is 10.2 Å². The molecule has 2 nitrogen and oxygen atoms in total. The fraction of sp³-hybridized carbons (Fsp3) is 0.240. The molecule has 1 fully saturated rings. The lowest BCUT2D eigenvalue weighted by Gasteiger charge is -2.32. The third kappa shape index (κ3) is 5.01. The smallest absolute Gasteiger partial charge is 0.173 e. The van der Waals surface area contributed by atoms with Gasteiger partial charge in [0.2, 0.25) is 0 Å². The summed E-state index contributed by atoms with van der Waals surface area (Å²) in [5.74, 6) is -0.208. The maximum Gasteiger partial charge on any atom is 0.173 e. The molecular weight excluding hydrogens is 379 g/mol. The van der Waals surface area contributed by atoms with Gasteiger partial charge in [-0.1, -0.05) is 67.4 Å². The van der Waals surface area contributed by atoms with Crippen molar-refractivity contribution in [1.29, 1.82) is 0 Å². The minimum atomic E-state index is -0.208. The molecule has 3 aromatic rings. The summed E-state index contributed by atoms with van der Waals surface area (Å²) in [6.07, 6.45) is 4.77. The summed E-state index contributed by atoms with van der Waals surface area (Å²) < 4.78 is 13.3. The second-order valence-corrected chi connectivity index (χ2v) is 7.95. The molecule has 4 rings (SSSR count). The lowest BCUT2D eigenvalue weighted by molar-refractivity contribution is 0.312. The predicted molar refractivity (Wildman–Crippen MR) is 122 cm³/mol. The Labute approximate surface area is 177 Å². The Kier molecular flexibility index (Phi) is 6.20. The van der Waals surface area contributed by atoms with Crippen LogP contribution in [-0.4, -0.2) is 16.1 Å². The van der Waals surface area contributed by atoms with Crippen LogP contribution in [0.3, 0.4) is 0 Å². The van der Waals surface area contributed by atoms with Gasteiger partial charge in [0.25, 0.3) is 0 Å². The highest BCUT2D eigenvalue weighted by Crippen LogP contribution is 2.27. The molecule has 3 aromatic carbocycles. The average Bonchev–Trinajstić information content (AvgIpc) is 3.29. The first-order valence-corrected chi connectivity index (χ1v) is 10.6. The Morgan fingerprint density at radius 1 is 0.862 bits per heavy atom. The van der Waals surface area contributed by atoms with Crippen LogP contribution >= 0.6 is 12.2 Å². The lowest BCUT2D eigenvalue weighted by atomic mass is 10.1. The summed E-state index contributed by atoms with van der Waals surface area (Å²) in [7, 11) is 0. The van der Waals surface area contributed by atoms with Crippen LogP contribution in [0, 0.1) is 5.82 Å². The van der Waals surface area contributed by atoms with E-state index in [2.05, 4.69) is 46.6 Å². The molecular formula is C25H25FN2S. The highest BCUT2D eigenvalue weighted by Gasteiger charge is 2.25. The first-order chi connectivity index (χ1) is 14.2.